The van der Waals surface area contributed by atoms with Crippen LogP contribution in [0.2, 0.25) is 0 Å². The van der Waals surface area contributed by atoms with Crippen molar-refractivity contribution in [2.45, 2.75) is 25.7 Å². The predicted molar refractivity (Wildman–Crippen MR) is 72.7 cm³/mol. The van der Waals surface area contributed by atoms with Gasteiger partial charge in [-0.3, -0.25) is 10.1 Å². The minimum atomic E-state index is -0.506. The Balaban J connectivity index is 2.26. The summed E-state index contributed by atoms with van der Waals surface area (Å²) in [5.74, 6) is 0. The van der Waals surface area contributed by atoms with Gasteiger partial charge in [0.25, 0.3) is 5.69 Å². The van der Waals surface area contributed by atoms with Crippen LogP contribution < -0.4 is 4.90 Å². The van der Waals surface area contributed by atoms with Gasteiger partial charge in [-0.25, -0.2) is 0 Å². The van der Waals surface area contributed by atoms with Gasteiger partial charge in [-0.1, -0.05) is 0 Å². The molecule has 1 saturated heterocycles. The molecule has 7 heteroatoms. The van der Waals surface area contributed by atoms with Crippen molar-refractivity contribution in [3.63, 3.8) is 0 Å². The summed E-state index contributed by atoms with van der Waals surface area (Å²) >= 11 is 0. The van der Waals surface area contributed by atoms with Crippen LogP contribution in [0.25, 0.3) is 0 Å². The van der Waals surface area contributed by atoms with Crippen molar-refractivity contribution in [2.24, 2.45) is 0 Å². The highest BCUT2D eigenvalue weighted by atomic mass is 16.6. The normalized spacial score (nSPS) is 22.9. The van der Waals surface area contributed by atoms with Crippen LogP contribution in [-0.2, 0) is 11.3 Å². The first kappa shape index (κ1) is 14.7. The molecule has 0 radical (unpaired) electrons. The van der Waals surface area contributed by atoms with Gasteiger partial charge in [0.05, 0.1) is 35.9 Å². The van der Waals surface area contributed by atoms with Crippen LogP contribution in [0.15, 0.2) is 18.2 Å². The highest BCUT2D eigenvalue weighted by Gasteiger charge is 2.26. The van der Waals surface area contributed by atoms with Gasteiger partial charge in [-0.2, -0.15) is 0 Å². The Kier molecular flexibility index (Phi) is 4.53. The molecule has 2 unspecified atom stereocenters. The van der Waals surface area contributed by atoms with E-state index in [-0.39, 0.29) is 36.7 Å². The van der Waals surface area contributed by atoms with Gasteiger partial charge in [0, 0.05) is 24.8 Å². The van der Waals surface area contributed by atoms with Crippen LogP contribution in [-0.4, -0.2) is 47.0 Å². The van der Waals surface area contributed by atoms with Crippen LogP contribution in [0.3, 0.4) is 0 Å². The van der Waals surface area contributed by atoms with Crippen molar-refractivity contribution >= 4 is 11.4 Å². The zero-order valence-corrected chi connectivity index (χ0v) is 11.2. The molecule has 0 bridgehead atoms. The summed E-state index contributed by atoms with van der Waals surface area (Å²) in [5, 5.41) is 29.3. The summed E-state index contributed by atoms with van der Waals surface area (Å²) in [6.45, 7) is 2.62. The van der Waals surface area contributed by atoms with Crippen molar-refractivity contribution in [3.05, 3.63) is 33.9 Å². The molecular weight excluding hydrogens is 264 g/mol. The maximum absolute atomic E-state index is 10.8. The van der Waals surface area contributed by atoms with E-state index in [9.17, 15) is 20.3 Å². The quantitative estimate of drug-likeness (QED) is 0.622. The molecule has 1 aliphatic rings. The predicted octanol–water partition coefficient (Wildman–Crippen LogP) is 0.673. The average Bonchev–Trinajstić information content (AvgIpc) is 2.45. The molecule has 0 amide bonds. The molecule has 20 heavy (non-hydrogen) atoms. The first-order valence-corrected chi connectivity index (χ1v) is 6.44. The van der Waals surface area contributed by atoms with Crippen molar-refractivity contribution in [1.29, 1.82) is 0 Å². The molecule has 1 heterocycles. The summed E-state index contributed by atoms with van der Waals surface area (Å²) < 4.78 is 5.56. The molecule has 1 aromatic carbocycles. The fourth-order valence-electron chi connectivity index (χ4n) is 2.43. The largest absolute Gasteiger partial charge is 0.394 e. The molecule has 1 aromatic rings. The summed E-state index contributed by atoms with van der Waals surface area (Å²) in [4.78, 5) is 12.3. The van der Waals surface area contributed by atoms with E-state index in [1.54, 1.807) is 12.1 Å². The molecule has 2 N–H and O–H groups in total. The van der Waals surface area contributed by atoms with Crippen LogP contribution in [0.1, 0.15) is 12.5 Å². The van der Waals surface area contributed by atoms with Crippen LogP contribution in [0.5, 0.6) is 0 Å². The Morgan fingerprint density at radius 1 is 1.45 bits per heavy atom. The first-order valence-electron chi connectivity index (χ1n) is 6.44. The van der Waals surface area contributed by atoms with Crippen molar-refractivity contribution in [2.75, 3.05) is 24.6 Å². The second-order valence-electron chi connectivity index (χ2n) is 4.88. The maximum atomic E-state index is 10.8. The van der Waals surface area contributed by atoms with Crippen LogP contribution in [0, 0.1) is 10.1 Å². The molecule has 7 nitrogen and oxygen atoms in total. The Hall–Kier alpha value is -1.70. The number of ether oxygens (including phenoxy) is 1. The van der Waals surface area contributed by atoms with Gasteiger partial charge in [-0.05, 0) is 19.1 Å². The lowest BCUT2D eigenvalue weighted by Gasteiger charge is -2.37. The van der Waals surface area contributed by atoms with Gasteiger partial charge in [0.15, 0.2) is 0 Å². The van der Waals surface area contributed by atoms with Crippen molar-refractivity contribution in [1.82, 2.24) is 0 Å². The second kappa shape index (κ2) is 6.17. The van der Waals surface area contributed by atoms with E-state index in [0.29, 0.717) is 13.1 Å². The number of nitrogens with zero attached hydrogens (tertiary/aromatic N) is 2. The van der Waals surface area contributed by atoms with E-state index < -0.39 is 4.92 Å². The third-order valence-corrected chi connectivity index (χ3v) is 3.33. The lowest BCUT2D eigenvalue weighted by molar-refractivity contribution is -0.385. The fraction of sp³-hybridized carbons (Fsp3) is 0.538. The van der Waals surface area contributed by atoms with E-state index in [0.717, 1.165) is 5.69 Å². The van der Waals surface area contributed by atoms with Gasteiger partial charge in [0.1, 0.15) is 0 Å². The van der Waals surface area contributed by atoms with Crippen LogP contribution in [0.4, 0.5) is 11.4 Å². The first-order chi connectivity index (χ1) is 9.55. The van der Waals surface area contributed by atoms with Crippen molar-refractivity contribution in [3.8, 4) is 0 Å². The Labute approximate surface area is 116 Å². The van der Waals surface area contributed by atoms with Gasteiger partial charge >= 0.3 is 0 Å². The molecule has 1 fully saturated rings. The smallest absolute Gasteiger partial charge is 0.275 e. The highest BCUT2D eigenvalue weighted by Crippen LogP contribution is 2.27. The standard InChI is InChI=1S/C13H18N2O5/c1-9-5-14(6-12(8-17)20-9)11-2-3-13(15(18)19)10(4-11)7-16/h2-4,9,12,16-17H,5-8H2,1H3. The molecule has 110 valence electrons. The van der Waals surface area contributed by atoms with E-state index in [4.69, 9.17) is 4.74 Å². The molecular formula is C13H18N2O5. The number of morpholine rings is 1. The van der Waals surface area contributed by atoms with Crippen molar-refractivity contribution < 1.29 is 19.9 Å². The molecule has 0 aliphatic carbocycles. The lowest BCUT2D eigenvalue weighted by atomic mass is 10.1. The number of rotatable bonds is 4. The second-order valence-corrected chi connectivity index (χ2v) is 4.88. The summed E-state index contributed by atoms with van der Waals surface area (Å²) in [6.07, 6.45) is -0.305. The van der Waals surface area contributed by atoms with E-state index in [1.165, 1.54) is 6.07 Å². The zero-order chi connectivity index (χ0) is 14.7. The number of nitro groups is 1. The minimum Gasteiger partial charge on any atom is -0.394 e. The summed E-state index contributed by atoms with van der Waals surface area (Å²) in [5.41, 5.74) is 0.983. The molecule has 0 aromatic heterocycles. The number of hydrogen-bond acceptors (Lipinski definition) is 6. The van der Waals surface area contributed by atoms with Gasteiger partial charge in [0.2, 0.25) is 0 Å². The molecule has 0 saturated carbocycles. The Morgan fingerprint density at radius 3 is 2.80 bits per heavy atom. The third kappa shape index (κ3) is 3.06. The zero-order valence-electron chi connectivity index (χ0n) is 11.2. The fourth-order valence-corrected chi connectivity index (χ4v) is 2.43. The van der Waals surface area contributed by atoms with Gasteiger partial charge in [-0.15, -0.1) is 0 Å². The van der Waals surface area contributed by atoms with E-state index in [2.05, 4.69) is 0 Å². The number of nitro benzene ring substituents is 1. The minimum absolute atomic E-state index is 0.0336. The van der Waals surface area contributed by atoms with E-state index >= 15 is 0 Å². The Morgan fingerprint density at radius 2 is 2.20 bits per heavy atom. The maximum Gasteiger partial charge on any atom is 0.275 e. The molecule has 1 aliphatic heterocycles. The molecule has 0 spiro atoms. The SMILES string of the molecule is CC1CN(c2ccc([N+](=O)[O-])c(CO)c2)CC(CO)O1. The number of hydrogen-bond donors (Lipinski definition) is 2. The average molecular weight is 282 g/mol. The summed E-state index contributed by atoms with van der Waals surface area (Å²) in [6, 6.07) is 4.67. The third-order valence-electron chi connectivity index (χ3n) is 3.33. The number of anilines is 1. The monoisotopic (exact) mass is 282 g/mol. The number of aliphatic hydroxyl groups excluding tert-OH is 2. The van der Waals surface area contributed by atoms with Gasteiger partial charge < -0.3 is 19.8 Å². The topological polar surface area (TPSA) is 96.1 Å². The summed E-state index contributed by atoms with van der Waals surface area (Å²) in [7, 11) is 0. The van der Waals surface area contributed by atoms with E-state index in [1.807, 2.05) is 11.8 Å². The molecule has 2 rings (SSSR count). The highest BCUT2D eigenvalue weighted by molar-refractivity contribution is 5.56. The number of aliphatic hydroxyl groups is 2. The number of benzene rings is 1. The lowest BCUT2D eigenvalue weighted by Crippen LogP contribution is -2.48. The van der Waals surface area contributed by atoms with Crippen LogP contribution >= 0.6 is 0 Å². The molecule has 2 atom stereocenters. The Bertz CT molecular complexity index is 494.